The number of nitrogens with one attached hydrogen (secondary N) is 1. The second kappa shape index (κ2) is 6.42. The van der Waals surface area contributed by atoms with E-state index in [1.54, 1.807) is 6.92 Å². The van der Waals surface area contributed by atoms with Crippen molar-refractivity contribution in [1.29, 1.82) is 0 Å². The highest BCUT2D eigenvalue weighted by atomic mass is 16.4. The minimum Gasteiger partial charge on any atom is -0.481 e. The molecule has 0 saturated heterocycles. The number of carbonyl (C=O) groups is 1. The number of aliphatic carboxylic acids is 1. The Labute approximate surface area is 139 Å². The molecule has 0 bridgehead atoms. The van der Waals surface area contributed by atoms with Gasteiger partial charge in [0.05, 0.1) is 17.3 Å². The molecule has 4 nitrogen and oxygen atoms in total. The van der Waals surface area contributed by atoms with Gasteiger partial charge in [-0.25, -0.2) is 0 Å². The predicted molar refractivity (Wildman–Crippen MR) is 95.8 cm³/mol. The van der Waals surface area contributed by atoms with E-state index in [9.17, 15) is 9.90 Å². The zero-order valence-electron chi connectivity index (χ0n) is 14.9. The van der Waals surface area contributed by atoms with Gasteiger partial charge in [-0.1, -0.05) is 20.8 Å². The summed E-state index contributed by atoms with van der Waals surface area (Å²) in [5.74, 6) is -0.666. The van der Waals surface area contributed by atoms with Crippen LogP contribution in [0.15, 0.2) is 12.1 Å². The molecule has 1 fully saturated rings. The number of carboxylic acid groups (broad SMARTS) is 1. The molecule has 0 radical (unpaired) electrons. The van der Waals surface area contributed by atoms with Crippen LogP contribution in [-0.2, 0) is 4.79 Å². The summed E-state index contributed by atoms with van der Waals surface area (Å²) in [6.07, 6.45) is 3.53. The first kappa shape index (κ1) is 17.6. The van der Waals surface area contributed by atoms with Gasteiger partial charge in [0, 0.05) is 6.04 Å². The maximum absolute atomic E-state index is 11.2. The molecule has 1 saturated carbocycles. The minimum atomic E-state index is -0.823. The summed E-state index contributed by atoms with van der Waals surface area (Å²) in [4.78, 5) is 11.2. The van der Waals surface area contributed by atoms with Crippen LogP contribution in [0.2, 0.25) is 0 Å². The van der Waals surface area contributed by atoms with Crippen LogP contribution in [0.5, 0.6) is 0 Å². The first-order valence-corrected chi connectivity index (χ1v) is 8.48. The van der Waals surface area contributed by atoms with E-state index in [0.717, 1.165) is 29.7 Å². The van der Waals surface area contributed by atoms with Gasteiger partial charge in [-0.3, -0.25) is 4.79 Å². The van der Waals surface area contributed by atoms with Crippen molar-refractivity contribution in [2.24, 2.45) is 11.3 Å². The van der Waals surface area contributed by atoms with E-state index >= 15 is 0 Å². The highest BCUT2D eigenvalue weighted by Gasteiger charge is 2.32. The van der Waals surface area contributed by atoms with E-state index in [1.807, 2.05) is 19.1 Å². The Hall–Kier alpha value is -1.71. The van der Waals surface area contributed by atoms with Crippen molar-refractivity contribution in [1.82, 2.24) is 0 Å². The number of aryl methyl sites for hydroxylation is 1. The first-order chi connectivity index (χ1) is 10.6. The topological polar surface area (TPSA) is 75.3 Å². The summed E-state index contributed by atoms with van der Waals surface area (Å²) >= 11 is 0. The molecule has 1 aromatic rings. The maximum atomic E-state index is 11.2. The van der Waals surface area contributed by atoms with Gasteiger partial charge in [-0.05, 0) is 67.7 Å². The van der Waals surface area contributed by atoms with Gasteiger partial charge >= 0.3 is 5.97 Å². The number of anilines is 2. The molecule has 2 rings (SSSR count). The van der Waals surface area contributed by atoms with Crippen LogP contribution in [0, 0.1) is 18.3 Å². The van der Waals surface area contributed by atoms with Gasteiger partial charge < -0.3 is 16.2 Å². The van der Waals surface area contributed by atoms with Crippen LogP contribution in [0.1, 0.15) is 64.0 Å². The third-order valence-electron chi connectivity index (χ3n) is 5.02. The number of rotatable bonds is 4. The van der Waals surface area contributed by atoms with Gasteiger partial charge in [-0.2, -0.15) is 0 Å². The lowest BCUT2D eigenvalue weighted by molar-refractivity contribution is -0.138. The molecule has 0 aromatic heterocycles. The smallest absolute Gasteiger partial charge is 0.310 e. The van der Waals surface area contributed by atoms with Crippen molar-refractivity contribution >= 4 is 17.3 Å². The van der Waals surface area contributed by atoms with Crippen molar-refractivity contribution in [3.63, 3.8) is 0 Å². The van der Waals surface area contributed by atoms with Crippen LogP contribution in [0.4, 0.5) is 11.4 Å². The van der Waals surface area contributed by atoms with Crippen LogP contribution in [-0.4, -0.2) is 17.1 Å². The lowest BCUT2D eigenvalue weighted by atomic mass is 9.70. The molecular weight excluding hydrogens is 288 g/mol. The summed E-state index contributed by atoms with van der Waals surface area (Å²) in [7, 11) is 0. The van der Waals surface area contributed by atoms with Gasteiger partial charge in [0.2, 0.25) is 0 Å². The molecule has 1 aromatic carbocycles. The Morgan fingerprint density at radius 1 is 1.39 bits per heavy atom. The lowest BCUT2D eigenvalue weighted by Crippen LogP contribution is -2.35. The summed E-state index contributed by atoms with van der Waals surface area (Å²) in [6.45, 7) is 10.6. The fourth-order valence-electron chi connectivity index (χ4n) is 4.14. The van der Waals surface area contributed by atoms with E-state index in [0.29, 0.717) is 23.1 Å². The predicted octanol–water partition coefficient (Wildman–Crippen LogP) is 4.39. The van der Waals surface area contributed by atoms with E-state index in [-0.39, 0.29) is 0 Å². The van der Waals surface area contributed by atoms with Crippen molar-refractivity contribution < 1.29 is 9.90 Å². The monoisotopic (exact) mass is 318 g/mol. The number of nitrogens with two attached hydrogens (primary N) is 1. The Morgan fingerprint density at radius 2 is 2.04 bits per heavy atom. The molecule has 128 valence electrons. The molecule has 3 unspecified atom stereocenters. The Balaban J connectivity index is 2.21. The third-order valence-corrected chi connectivity index (χ3v) is 5.02. The SMILES string of the molecule is Cc1cc(NC2CC(C)CC(C)(C)C2)c(N)cc1C(C)C(=O)O. The Kier molecular flexibility index (Phi) is 4.92. The average Bonchev–Trinajstić information content (AvgIpc) is 2.39. The highest BCUT2D eigenvalue weighted by molar-refractivity contribution is 5.79. The summed E-state index contributed by atoms with van der Waals surface area (Å²) in [5, 5.41) is 12.8. The number of nitrogen functional groups attached to an aromatic ring is 1. The summed E-state index contributed by atoms with van der Waals surface area (Å²) < 4.78 is 0. The number of hydrogen-bond donors (Lipinski definition) is 3. The molecule has 1 aliphatic rings. The van der Waals surface area contributed by atoms with Crippen molar-refractivity contribution in [3.05, 3.63) is 23.3 Å². The van der Waals surface area contributed by atoms with E-state index in [2.05, 4.69) is 26.1 Å². The zero-order valence-corrected chi connectivity index (χ0v) is 14.9. The van der Waals surface area contributed by atoms with Crippen LogP contribution in [0.3, 0.4) is 0 Å². The number of benzene rings is 1. The molecule has 0 heterocycles. The van der Waals surface area contributed by atoms with Gasteiger partial charge in [0.25, 0.3) is 0 Å². The molecule has 4 N–H and O–H groups in total. The first-order valence-electron chi connectivity index (χ1n) is 8.48. The highest BCUT2D eigenvalue weighted by Crippen LogP contribution is 2.40. The Bertz CT molecular complexity index is 595. The third kappa shape index (κ3) is 4.18. The second-order valence-corrected chi connectivity index (χ2v) is 8.11. The van der Waals surface area contributed by atoms with Crippen LogP contribution >= 0.6 is 0 Å². The molecule has 1 aliphatic carbocycles. The fraction of sp³-hybridized carbons (Fsp3) is 0.632. The van der Waals surface area contributed by atoms with Crippen molar-refractivity contribution in [2.45, 2.75) is 65.8 Å². The largest absolute Gasteiger partial charge is 0.481 e. The van der Waals surface area contributed by atoms with Crippen molar-refractivity contribution in [3.8, 4) is 0 Å². The van der Waals surface area contributed by atoms with E-state index in [1.165, 1.54) is 6.42 Å². The van der Waals surface area contributed by atoms with E-state index in [4.69, 9.17) is 5.73 Å². The Morgan fingerprint density at radius 3 is 2.61 bits per heavy atom. The zero-order chi connectivity index (χ0) is 17.4. The van der Waals surface area contributed by atoms with Gasteiger partial charge in [0.1, 0.15) is 0 Å². The molecule has 23 heavy (non-hydrogen) atoms. The average molecular weight is 318 g/mol. The molecule has 0 amide bonds. The summed E-state index contributed by atoms with van der Waals surface area (Å²) in [5.41, 5.74) is 9.86. The maximum Gasteiger partial charge on any atom is 0.310 e. The molecule has 3 atom stereocenters. The molecular formula is C19H30N2O2. The normalized spacial score (nSPS) is 24.9. The van der Waals surface area contributed by atoms with Crippen molar-refractivity contribution in [2.75, 3.05) is 11.1 Å². The fourth-order valence-corrected chi connectivity index (χ4v) is 4.14. The standard InChI is InChI=1S/C19H30N2O2/c1-11-6-14(10-19(4,5)9-11)21-17-7-12(2)15(8-16(17)20)13(3)18(22)23/h7-8,11,13-14,21H,6,9-10,20H2,1-5H3,(H,22,23). The van der Waals surface area contributed by atoms with Gasteiger partial charge in [-0.15, -0.1) is 0 Å². The second-order valence-electron chi connectivity index (χ2n) is 8.11. The molecule has 0 spiro atoms. The van der Waals surface area contributed by atoms with Crippen LogP contribution < -0.4 is 11.1 Å². The van der Waals surface area contributed by atoms with Gasteiger partial charge in [0.15, 0.2) is 0 Å². The summed E-state index contributed by atoms with van der Waals surface area (Å²) in [6, 6.07) is 4.22. The molecule has 4 heteroatoms. The molecule has 0 aliphatic heterocycles. The quantitative estimate of drug-likeness (QED) is 0.720. The number of carboxylic acids is 1. The van der Waals surface area contributed by atoms with Crippen LogP contribution in [0.25, 0.3) is 0 Å². The lowest BCUT2D eigenvalue weighted by Gasteiger charge is -2.40. The van der Waals surface area contributed by atoms with E-state index < -0.39 is 11.9 Å². The minimum absolute atomic E-state index is 0.344. The number of hydrogen-bond acceptors (Lipinski definition) is 3.